The number of aliphatic imine (C=N–C) groups is 1. The van der Waals surface area contributed by atoms with Crippen molar-refractivity contribution in [2.75, 3.05) is 39.4 Å². The summed E-state index contributed by atoms with van der Waals surface area (Å²) in [4.78, 5) is 7.17. The minimum Gasteiger partial charge on any atom is -0.381 e. The summed E-state index contributed by atoms with van der Waals surface area (Å²) < 4.78 is 5.69. The fourth-order valence-corrected chi connectivity index (χ4v) is 2.96. The van der Waals surface area contributed by atoms with Crippen LogP contribution in [0.1, 0.15) is 51.2 Å². The van der Waals surface area contributed by atoms with Crippen molar-refractivity contribution in [3.05, 3.63) is 35.4 Å². The third-order valence-electron chi connectivity index (χ3n) is 4.86. The Bertz CT molecular complexity index is 553. The second-order valence-corrected chi connectivity index (χ2v) is 7.28. The van der Waals surface area contributed by atoms with Crippen LogP contribution in [0.3, 0.4) is 0 Å². The van der Waals surface area contributed by atoms with E-state index in [2.05, 4.69) is 60.6 Å². The van der Waals surface area contributed by atoms with Gasteiger partial charge in [0, 0.05) is 32.8 Å². The maximum atomic E-state index is 5.69. The number of nitrogens with one attached hydrogen (secondary N) is 2. The first kappa shape index (κ1) is 21.7. The number of hydrogen-bond acceptors (Lipinski definition) is 3. The molecule has 0 saturated heterocycles. The molecule has 0 unspecified atom stereocenters. The Balaban J connectivity index is 1.76. The molecule has 0 atom stereocenters. The Kier molecular flexibility index (Phi) is 10.2. The third-order valence-corrected chi connectivity index (χ3v) is 4.86. The van der Waals surface area contributed by atoms with Gasteiger partial charge in [-0.15, -0.1) is 0 Å². The molecule has 27 heavy (non-hydrogen) atoms. The standard InChI is InChI=1S/C22H38N4O/c1-4-23-22(24-13-8-14-27-18-19-11-12-19)25-16-20-9-7-10-21(15-20)17-26(5-2)6-3/h7,9-10,15,19H,4-6,8,11-14,16-18H2,1-3H3,(H2,23,24,25). The van der Waals surface area contributed by atoms with Crippen molar-refractivity contribution in [3.63, 3.8) is 0 Å². The SMILES string of the molecule is CCNC(=NCc1cccc(CN(CC)CC)c1)NCCCOCC1CC1. The molecule has 5 heteroatoms. The molecule has 1 aliphatic carbocycles. The highest BCUT2D eigenvalue weighted by Crippen LogP contribution is 2.28. The molecule has 2 rings (SSSR count). The molecule has 1 fully saturated rings. The predicted molar refractivity (Wildman–Crippen MR) is 114 cm³/mol. The summed E-state index contributed by atoms with van der Waals surface area (Å²) in [7, 11) is 0. The van der Waals surface area contributed by atoms with Gasteiger partial charge in [0.25, 0.3) is 0 Å². The van der Waals surface area contributed by atoms with Crippen LogP contribution in [0.25, 0.3) is 0 Å². The van der Waals surface area contributed by atoms with Gasteiger partial charge >= 0.3 is 0 Å². The van der Waals surface area contributed by atoms with Gasteiger partial charge in [0.1, 0.15) is 0 Å². The molecule has 152 valence electrons. The van der Waals surface area contributed by atoms with Gasteiger partial charge in [-0.3, -0.25) is 4.90 Å². The fourth-order valence-electron chi connectivity index (χ4n) is 2.96. The second-order valence-electron chi connectivity index (χ2n) is 7.28. The molecule has 2 N–H and O–H groups in total. The molecule has 0 aromatic heterocycles. The first-order chi connectivity index (χ1) is 13.2. The van der Waals surface area contributed by atoms with Crippen LogP contribution < -0.4 is 10.6 Å². The van der Waals surface area contributed by atoms with Crippen LogP contribution in [0, 0.1) is 5.92 Å². The van der Waals surface area contributed by atoms with Crippen LogP contribution in [0.5, 0.6) is 0 Å². The molecule has 1 aliphatic rings. The Morgan fingerprint density at radius 1 is 1.15 bits per heavy atom. The summed E-state index contributed by atoms with van der Waals surface area (Å²) in [6, 6.07) is 8.78. The third kappa shape index (κ3) is 9.25. The summed E-state index contributed by atoms with van der Waals surface area (Å²) in [5.74, 6) is 1.73. The number of hydrogen-bond donors (Lipinski definition) is 2. The van der Waals surface area contributed by atoms with Crippen molar-refractivity contribution in [1.82, 2.24) is 15.5 Å². The number of benzene rings is 1. The molecule has 0 amide bonds. The number of guanidine groups is 1. The van der Waals surface area contributed by atoms with Crippen LogP contribution >= 0.6 is 0 Å². The summed E-state index contributed by atoms with van der Waals surface area (Å²) in [6.45, 7) is 13.9. The Hall–Kier alpha value is -1.59. The van der Waals surface area contributed by atoms with E-state index in [0.29, 0.717) is 6.54 Å². The maximum absolute atomic E-state index is 5.69. The van der Waals surface area contributed by atoms with Crippen molar-refractivity contribution < 1.29 is 4.74 Å². The maximum Gasteiger partial charge on any atom is 0.191 e. The lowest BCUT2D eigenvalue weighted by Gasteiger charge is -2.18. The molecule has 0 spiro atoms. The topological polar surface area (TPSA) is 48.9 Å². The second kappa shape index (κ2) is 12.7. The molecule has 1 aromatic rings. The summed E-state index contributed by atoms with van der Waals surface area (Å²) >= 11 is 0. The normalized spacial score (nSPS) is 14.6. The largest absolute Gasteiger partial charge is 0.381 e. The number of ether oxygens (including phenoxy) is 1. The van der Waals surface area contributed by atoms with Gasteiger partial charge in [-0.2, -0.15) is 0 Å². The first-order valence-corrected chi connectivity index (χ1v) is 10.6. The average Bonchev–Trinajstić information content (AvgIpc) is 3.51. The number of nitrogens with zero attached hydrogens (tertiary/aromatic N) is 2. The monoisotopic (exact) mass is 374 g/mol. The van der Waals surface area contributed by atoms with Crippen LogP contribution in [-0.2, 0) is 17.8 Å². The van der Waals surface area contributed by atoms with E-state index in [4.69, 9.17) is 9.73 Å². The molecule has 0 bridgehead atoms. The first-order valence-electron chi connectivity index (χ1n) is 10.6. The van der Waals surface area contributed by atoms with Crippen LogP contribution in [-0.4, -0.2) is 50.3 Å². The van der Waals surface area contributed by atoms with Gasteiger partial charge in [0.05, 0.1) is 6.54 Å². The molecule has 0 radical (unpaired) electrons. The van der Waals surface area contributed by atoms with Crippen molar-refractivity contribution in [1.29, 1.82) is 0 Å². The van der Waals surface area contributed by atoms with Crippen LogP contribution in [0.2, 0.25) is 0 Å². The molecule has 1 saturated carbocycles. The van der Waals surface area contributed by atoms with Crippen molar-refractivity contribution in [3.8, 4) is 0 Å². The summed E-state index contributed by atoms with van der Waals surface area (Å²) in [5, 5.41) is 6.74. The van der Waals surface area contributed by atoms with E-state index in [-0.39, 0.29) is 0 Å². The zero-order valence-corrected chi connectivity index (χ0v) is 17.5. The molecule has 1 aromatic carbocycles. The smallest absolute Gasteiger partial charge is 0.191 e. The lowest BCUT2D eigenvalue weighted by atomic mass is 10.1. The van der Waals surface area contributed by atoms with E-state index >= 15 is 0 Å². The van der Waals surface area contributed by atoms with Crippen molar-refractivity contribution in [2.45, 2.75) is 53.1 Å². The highest BCUT2D eigenvalue weighted by molar-refractivity contribution is 5.79. The van der Waals surface area contributed by atoms with Gasteiger partial charge < -0.3 is 15.4 Å². The Morgan fingerprint density at radius 3 is 2.63 bits per heavy atom. The molecular formula is C22H38N4O. The van der Waals surface area contributed by atoms with E-state index in [9.17, 15) is 0 Å². The van der Waals surface area contributed by atoms with Gasteiger partial charge in [0.2, 0.25) is 0 Å². The number of rotatable bonds is 13. The zero-order chi connectivity index (χ0) is 19.3. The fraction of sp³-hybridized carbons (Fsp3) is 0.682. The molecule has 0 aliphatic heterocycles. The van der Waals surface area contributed by atoms with E-state index < -0.39 is 0 Å². The zero-order valence-electron chi connectivity index (χ0n) is 17.5. The average molecular weight is 375 g/mol. The molecular weight excluding hydrogens is 336 g/mol. The molecule has 5 nitrogen and oxygen atoms in total. The van der Waals surface area contributed by atoms with Gasteiger partial charge in [-0.25, -0.2) is 4.99 Å². The molecule has 0 heterocycles. The summed E-state index contributed by atoms with van der Waals surface area (Å²) in [5.41, 5.74) is 2.61. The minimum absolute atomic E-state index is 0.694. The minimum atomic E-state index is 0.694. The van der Waals surface area contributed by atoms with E-state index in [1.807, 2.05) is 0 Å². The lowest BCUT2D eigenvalue weighted by Crippen LogP contribution is -2.38. The quantitative estimate of drug-likeness (QED) is 0.316. The Labute approximate surface area is 165 Å². The van der Waals surface area contributed by atoms with Gasteiger partial charge in [-0.1, -0.05) is 38.1 Å². The highest BCUT2D eigenvalue weighted by atomic mass is 16.5. The van der Waals surface area contributed by atoms with Crippen LogP contribution in [0.15, 0.2) is 29.3 Å². The van der Waals surface area contributed by atoms with Gasteiger partial charge in [0.15, 0.2) is 5.96 Å². The van der Waals surface area contributed by atoms with E-state index in [1.165, 1.54) is 24.0 Å². The van der Waals surface area contributed by atoms with Gasteiger partial charge in [-0.05, 0) is 56.3 Å². The predicted octanol–water partition coefficient (Wildman–Crippen LogP) is 3.40. The van der Waals surface area contributed by atoms with Crippen molar-refractivity contribution in [2.24, 2.45) is 10.9 Å². The highest BCUT2D eigenvalue weighted by Gasteiger charge is 2.20. The van der Waals surface area contributed by atoms with E-state index in [0.717, 1.165) is 64.2 Å². The van der Waals surface area contributed by atoms with Crippen molar-refractivity contribution >= 4 is 5.96 Å². The lowest BCUT2D eigenvalue weighted by molar-refractivity contribution is 0.123. The Morgan fingerprint density at radius 2 is 1.93 bits per heavy atom. The van der Waals surface area contributed by atoms with E-state index in [1.54, 1.807) is 0 Å². The van der Waals surface area contributed by atoms with Crippen LogP contribution in [0.4, 0.5) is 0 Å². The summed E-state index contributed by atoms with van der Waals surface area (Å²) in [6.07, 6.45) is 3.72.